The van der Waals surface area contributed by atoms with Gasteiger partial charge >= 0.3 is 5.66 Å². The van der Waals surface area contributed by atoms with Crippen molar-refractivity contribution in [3.63, 3.8) is 0 Å². The van der Waals surface area contributed by atoms with Gasteiger partial charge in [0, 0.05) is 18.5 Å². The summed E-state index contributed by atoms with van der Waals surface area (Å²) in [5.41, 5.74) is 0.403. The average molecular weight is 190 g/mol. The minimum Gasteiger partial charge on any atom is -0.314 e. The van der Waals surface area contributed by atoms with Crippen molar-refractivity contribution in [1.82, 2.24) is 0 Å². The molecule has 0 aromatic heterocycles. The highest BCUT2D eigenvalue weighted by Gasteiger charge is 2.43. The molecule has 1 aliphatic rings. The van der Waals surface area contributed by atoms with E-state index in [-0.39, 0.29) is 5.82 Å². The Hall–Kier alpha value is -1.56. The molecule has 2 rings (SSSR count). The first kappa shape index (κ1) is 9.01. The summed E-state index contributed by atoms with van der Waals surface area (Å²) in [6.45, 7) is 7.09. The topological polar surface area (TPSA) is 16.4 Å². The number of rotatable bonds is 2. The van der Waals surface area contributed by atoms with Gasteiger partial charge in [0.2, 0.25) is 0 Å². The van der Waals surface area contributed by atoms with Crippen molar-refractivity contribution >= 4 is 5.69 Å². The fourth-order valence-electron chi connectivity index (χ4n) is 1.58. The molecule has 0 radical (unpaired) electrons. The standard InChI is InChI=1S/C11H11FN2/c1-13-11(7-2-8-11)14-10-5-3-9(12)4-6-10/h3-6,14H,2,7-8H2. The number of hydrogen-bond acceptors (Lipinski definition) is 1. The molecule has 0 bridgehead atoms. The summed E-state index contributed by atoms with van der Waals surface area (Å²) < 4.78 is 12.6. The number of nitrogens with one attached hydrogen (secondary N) is 1. The van der Waals surface area contributed by atoms with E-state index in [0.717, 1.165) is 24.9 Å². The van der Waals surface area contributed by atoms with Gasteiger partial charge in [-0.25, -0.2) is 11.0 Å². The van der Waals surface area contributed by atoms with E-state index in [4.69, 9.17) is 6.57 Å². The van der Waals surface area contributed by atoms with Crippen LogP contribution < -0.4 is 5.32 Å². The quantitative estimate of drug-likeness (QED) is 0.709. The predicted molar refractivity (Wildman–Crippen MR) is 53.2 cm³/mol. The van der Waals surface area contributed by atoms with Crippen molar-refractivity contribution < 1.29 is 4.39 Å². The molecule has 0 atom stereocenters. The zero-order chi connectivity index (χ0) is 10.0. The molecule has 0 spiro atoms. The summed E-state index contributed by atoms with van der Waals surface area (Å²) >= 11 is 0. The van der Waals surface area contributed by atoms with Gasteiger partial charge in [0.25, 0.3) is 0 Å². The molecule has 3 heteroatoms. The third kappa shape index (κ3) is 1.56. The molecule has 1 N–H and O–H groups in total. The summed E-state index contributed by atoms with van der Waals surface area (Å²) in [4.78, 5) is 3.59. The van der Waals surface area contributed by atoms with Gasteiger partial charge in [-0.3, -0.25) is 4.85 Å². The Morgan fingerprint density at radius 2 is 1.93 bits per heavy atom. The molecule has 1 fully saturated rings. The normalized spacial score (nSPS) is 18.0. The van der Waals surface area contributed by atoms with Gasteiger partial charge in [0.05, 0.1) is 0 Å². The van der Waals surface area contributed by atoms with Crippen LogP contribution in [-0.2, 0) is 0 Å². The van der Waals surface area contributed by atoms with Crippen molar-refractivity contribution in [3.8, 4) is 0 Å². The summed E-state index contributed by atoms with van der Waals surface area (Å²) in [6, 6.07) is 6.14. The summed E-state index contributed by atoms with van der Waals surface area (Å²) in [6.07, 6.45) is 2.86. The maximum Gasteiger partial charge on any atom is 0.305 e. The van der Waals surface area contributed by atoms with Crippen molar-refractivity contribution in [1.29, 1.82) is 0 Å². The van der Waals surface area contributed by atoms with Gasteiger partial charge in [0.15, 0.2) is 0 Å². The van der Waals surface area contributed by atoms with Crippen LogP contribution in [0.1, 0.15) is 19.3 Å². The summed E-state index contributed by atoms with van der Waals surface area (Å²) in [5, 5.41) is 3.15. The van der Waals surface area contributed by atoms with Crippen LogP contribution in [0, 0.1) is 12.4 Å². The van der Waals surface area contributed by atoms with Crippen LogP contribution in [0.2, 0.25) is 0 Å². The van der Waals surface area contributed by atoms with Crippen molar-refractivity contribution in [2.45, 2.75) is 24.9 Å². The molecule has 0 heterocycles. The smallest absolute Gasteiger partial charge is 0.305 e. The lowest BCUT2D eigenvalue weighted by atomic mass is 9.85. The molecular formula is C11H11FN2. The highest BCUT2D eigenvalue weighted by molar-refractivity contribution is 5.47. The molecule has 72 valence electrons. The van der Waals surface area contributed by atoms with Crippen molar-refractivity contribution in [3.05, 3.63) is 41.5 Å². The maximum atomic E-state index is 12.6. The summed E-state index contributed by atoms with van der Waals surface area (Å²) in [5.74, 6) is -0.249. The summed E-state index contributed by atoms with van der Waals surface area (Å²) in [7, 11) is 0. The van der Waals surface area contributed by atoms with Crippen molar-refractivity contribution in [2.75, 3.05) is 5.32 Å². The lowest BCUT2D eigenvalue weighted by molar-refractivity contribution is 0.343. The van der Waals surface area contributed by atoms with Gasteiger partial charge in [-0.15, -0.1) is 0 Å². The molecule has 1 aliphatic carbocycles. The second-order valence-corrected chi connectivity index (χ2v) is 3.63. The van der Waals surface area contributed by atoms with E-state index < -0.39 is 5.66 Å². The fraction of sp³-hybridized carbons (Fsp3) is 0.364. The van der Waals surface area contributed by atoms with E-state index in [9.17, 15) is 4.39 Å². The zero-order valence-electron chi connectivity index (χ0n) is 7.76. The third-order valence-corrected chi connectivity index (χ3v) is 2.62. The SMILES string of the molecule is [C-]#[N+]C1(Nc2ccc(F)cc2)CCC1. The Kier molecular flexibility index (Phi) is 2.12. The molecule has 14 heavy (non-hydrogen) atoms. The first-order valence-electron chi connectivity index (χ1n) is 4.66. The van der Waals surface area contributed by atoms with Gasteiger partial charge in [-0.2, -0.15) is 0 Å². The molecule has 2 nitrogen and oxygen atoms in total. The molecule has 0 saturated heterocycles. The Morgan fingerprint density at radius 1 is 1.29 bits per heavy atom. The zero-order valence-corrected chi connectivity index (χ0v) is 7.76. The number of hydrogen-bond donors (Lipinski definition) is 1. The Labute approximate surface area is 82.6 Å². The largest absolute Gasteiger partial charge is 0.314 e. The fourth-order valence-corrected chi connectivity index (χ4v) is 1.58. The maximum absolute atomic E-state index is 12.6. The third-order valence-electron chi connectivity index (χ3n) is 2.62. The Bertz CT molecular complexity index is 360. The van der Waals surface area contributed by atoms with Crippen LogP contribution in [-0.4, -0.2) is 5.66 Å². The van der Waals surface area contributed by atoms with Crippen LogP contribution in [0.5, 0.6) is 0 Å². The predicted octanol–water partition coefficient (Wildman–Crippen LogP) is 3.04. The van der Waals surface area contributed by atoms with E-state index in [2.05, 4.69) is 10.2 Å². The molecule has 0 amide bonds. The number of halogens is 1. The van der Waals surface area contributed by atoms with Crippen LogP contribution in [0.25, 0.3) is 4.85 Å². The van der Waals surface area contributed by atoms with Gasteiger partial charge < -0.3 is 5.32 Å². The lowest BCUT2D eigenvalue weighted by Gasteiger charge is -2.31. The second kappa shape index (κ2) is 3.30. The molecule has 0 unspecified atom stereocenters. The van der Waals surface area contributed by atoms with Crippen LogP contribution in [0.3, 0.4) is 0 Å². The molecule has 1 aromatic carbocycles. The Morgan fingerprint density at radius 3 is 2.36 bits per heavy atom. The number of benzene rings is 1. The minimum atomic E-state index is -0.419. The van der Waals surface area contributed by atoms with E-state index in [1.165, 1.54) is 12.1 Å². The average Bonchev–Trinajstić information content (AvgIpc) is 2.15. The molecular weight excluding hydrogens is 179 g/mol. The van der Waals surface area contributed by atoms with Crippen LogP contribution in [0.15, 0.2) is 24.3 Å². The highest BCUT2D eigenvalue weighted by atomic mass is 19.1. The van der Waals surface area contributed by atoms with Gasteiger partial charge in [-0.1, -0.05) is 0 Å². The van der Waals surface area contributed by atoms with Gasteiger partial charge in [-0.05, 0) is 30.7 Å². The van der Waals surface area contributed by atoms with Crippen molar-refractivity contribution in [2.24, 2.45) is 0 Å². The number of nitrogens with zero attached hydrogens (tertiary/aromatic N) is 1. The first-order chi connectivity index (χ1) is 6.74. The van der Waals surface area contributed by atoms with E-state index in [0.29, 0.717) is 0 Å². The molecule has 1 aromatic rings. The second-order valence-electron chi connectivity index (χ2n) is 3.63. The van der Waals surface area contributed by atoms with Crippen LogP contribution in [0.4, 0.5) is 10.1 Å². The first-order valence-corrected chi connectivity index (χ1v) is 4.66. The highest BCUT2D eigenvalue weighted by Crippen LogP contribution is 2.36. The van der Waals surface area contributed by atoms with Gasteiger partial charge in [0.1, 0.15) is 5.82 Å². The van der Waals surface area contributed by atoms with E-state index in [1.54, 1.807) is 12.1 Å². The van der Waals surface area contributed by atoms with Crippen LogP contribution >= 0.6 is 0 Å². The monoisotopic (exact) mass is 190 g/mol. The Balaban J connectivity index is 2.11. The number of anilines is 1. The molecule has 0 aliphatic heterocycles. The van der Waals surface area contributed by atoms with E-state index in [1.807, 2.05) is 0 Å². The minimum absolute atomic E-state index is 0.249. The molecule has 1 saturated carbocycles. The lowest BCUT2D eigenvalue weighted by Crippen LogP contribution is -2.41. The van der Waals surface area contributed by atoms with E-state index >= 15 is 0 Å².